The fourth-order valence-corrected chi connectivity index (χ4v) is 3.10. The van der Waals surface area contributed by atoms with Gasteiger partial charge >= 0.3 is 0 Å². The molecule has 1 N–H and O–H groups in total. The Bertz CT molecular complexity index is 543. The summed E-state index contributed by atoms with van der Waals surface area (Å²) in [6, 6.07) is -0.0501. The summed E-state index contributed by atoms with van der Waals surface area (Å²) in [6.45, 7) is 4.79. The number of likely N-dealkylation sites (tertiary alicyclic amines) is 1. The third-order valence-corrected chi connectivity index (χ3v) is 4.34. The van der Waals surface area contributed by atoms with E-state index in [9.17, 15) is 9.59 Å². The van der Waals surface area contributed by atoms with E-state index in [1.807, 2.05) is 25.1 Å². The topological polar surface area (TPSA) is 67.2 Å². The van der Waals surface area contributed by atoms with Crippen molar-refractivity contribution in [1.82, 2.24) is 20.0 Å². The number of amides is 2. The maximum Gasteiger partial charge on any atom is 0.237 e. The maximum atomic E-state index is 12.2. The number of alkyl halides is 1. The summed E-state index contributed by atoms with van der Waals surface area (Å²) in [5, 5.41) is 6.54. The highest BCUT2D eigenvalue weighted by atomic mass is 35.5. The summed E-state index contributed by atoms with van der Waals surface area (Å²) in [5.41, 5.74) is 1.01. The van der Waals surface area contributed by atoms with Crippen LogP contribution in [0.3, 0.4) is 0 Å². The van der Waals surface area contributed by atoms with Gasteiger partial charge in [-0.2, -0.15) is 5.10 Å². The Morgan fingerprint density at radius 2 is 2.32 bits per heavy atom. The number of hydrogen-bond acceptors (Lipinski definition) is 3. The Hall–Kier alpha value is -1.56. The van der Waals surface area contributed by atoms with Crippen molar-refractivity contribution < 1.29 is 9.59 Å². The van der Waals surface area contributed by atoms with Crippen LogP contribution in [0.1, 0.15) is 38.3 Å². The summed E-state index contributed by atoms with van der Waals surface area (Å²) in [4.78, 5) is 25.8. The Labute approximate surface area is 135 Å². The van der Waals surface area contributed by atoms with Crippen LogP contribution in [-0.4, -0.2) is 45.0 Å². The van der Waals surface area contributed by atoms with E-state index in [0.29, 0.717) is 19.5 Å². The van der Waals surface area contributed by atoms with Gasteiger partial charge < -0.3 is 10.2 Å². The molecule has 0 aromatic carbocycles. The number of carbonyl (C=O) groups is 2. The molecule has 6 nitrogen and oxygen atoms in total. The van der Waals surface area contributed by atoms with E-state index in [1.54, 1.807) is 17.8 Å². The second-order valence-electron chi connectivity index (χ2n) is 5.73. The molecule has 0 aliphatic carbocycles. The van der Waals surface area contributed by atoms with Gasteiger partial charge in [-0.15, -0.1) is 11.6 Å². The third kappa shape index (κ3) is 3.61. The molecule has 0 radical (unpaired) electrons. The Morgan fingerprint density at radius 3 is 2.86 bits per heavy atom. The van der Waals surface area contributed by atoms with Gasteiger partial charge in [0.1, 0.15) is 5.38 Å². The minimum atomic E-state index is -0.552. The van der Waals surface area contributed by atoms with Crippen molar-refractivity contribution in [2.45, 2.75) is 38.1 Å². The number of piperidine rings is 1. The Morgan fingerprint density at radius 1 is 1.59 bits per heavy atom. The van der Waals surface area contributed by atoms with Gasteiger partial charge in [-0.3, -0.25) is 14.3 Å². The van der Waals surface area contributed by atoms with E-state index in [4.69, 9.17) is 11.6 Å². The van der Waals surface area contributed by atoms with Crippen molar-refractivity contribution in [3.63, 3.8) is 0 Å². The predicted molar refractivity (Wildman–Crippen MR) is 84.4 cm³/mol. The van der Waals surface area contributed by atoms with Crippen LogP contribution in [-0.2, 0) is 16.6 Å². The average molecular weight is 327 g/mol. The van der Waals surface area contributed by atoms with E-state index < -0.39 is 5.38 Å². The number of aromatic nitrogens is 2. The van der Waals surface area contributed by atoms with Gasteiger partial charge in [-0.25, -0.2) is 0 Å². The first-order chi connectivity index (χ1) is 10.4. The van der Waals surface area contributed by atoms with Gasteiger partial charge in [0.2, 0.25) is 11.8 Å². The van der Waals surface area contributed by atoms with E-state index in [-0.39, 0.29) is 23.8 Å². The fraction of sp³-hybridized carbons (Fsp3) is 0.667. The molecule has 0 spiro atoms. The zero-order valence-corrected chi connectivity index (χ0v) is 14.0. The second-order valence-corrected chi connectivity index (χ2v) is 6.39. The van der Waals surface area contributed by atoms with Gasteiger partial charge in [-0.1, -0.05) is 0 Å². The van der Waals surface area contributed by atoms with E-state index >= 15 is 0 Å². The van der Waals surface area contributed by atoms with Gasteiger partial charge in [0.05, 0.1) is 12.2 Å². The quantitative estimate of drug-likeness (QED) is 0.833. The third-order valence-electron chi connectivity index (χ3n) is 4.14. The first-order valence-electron chi connectivity index (χ1n) is 7.63. The minimum absolute atomic E-state index is 0.0501. The van der Waals surface area contributed by atoms with Crippen molar-refractivity contribution in [3.8, 4) is 0 Å². The van der Waals surface area contributed by atoms with E-state index in [0.717, 1.165) is 12.0 Å². The lowest BCUT2D eigenvalue weighted by Gasteiger charge is -2.40. The summed E-state index contributed by atoms with van der Waals surface area (Å²) in [5.74, 6) is 0.150. The number of rotatable bonds is 5. The molecule has 1 aliphatic heterocycles. The molecule has 2 rings (SSSR count). The van der Waals surface area contributed by atoms with Crippen molar-refractivity contribution >= 4 is 23.4 Å². The molecular weight excluding hydrogens is 304 g/mol. The number of carbonyl (C=O) groups excluding carboxylic acids is 2. The lowest BCUT2D eigenvalue weighted by atomic mass is 9.85. The van der Waals surface area contributed by atoms with Crippen molar-refractivity contribution in [2.24, 2.45) is 13.0 Å². The zero-order valence-electron chi connectivity index (χ0n) is 13.3. The standard InChI is InChI=1S/C15H23ClN4O2/c1-4-20-13(21)6-5-11(7-17-15(22)10(2)16)14(20)12-8-18-19(3)9-12/h8-11,14H,4-7H2,1-3H3,(H,17,22)/t10?,11-,14+/m1/s1. The van der Waals surface area contributed by atoms with Gasteiger partial charge in [0.25, 0.3) is 0 Å². The van der Waals surface area contributed by atoms with E-state index in [2.05, 4.69) is 10.4 Å². The molecule has 7 heteroatoms. The first-order valence-corrected chi connectivity index (χ1v) is 8.07. The summed E-state index contributed by atoms with van der Waals surface area (Å²) < 4.78 is 1.73. The van der Waals surface area contributed by atoms with Crippen LogP contribution >= 0.6 is 11.6 Å². The number of aryl methyl sites for hydroxylation is 1. The molecule has 1 aliphatic rings. The summed E-state index contributed by atoms with van der Waals surface area (Å²) >= 11 is 5.79. The zero-order chi connectivity index (χ0) is 16.3. The molecule has 0 bridgehead atoms. The Kier molecular flexibility index (Phi) is 5.45. The number of nitrogens with zero attached hydrogens (tertiary/aromatic N) is 3. The first kappa shape index (κ1) is 16.8. The normalized spacial score (nSPS) is 23.5. The van der Waals surface area contributed by atoms with Crippen LogP contribution in [0.2, 0.25) is 0 Å². The molecule has 1 aromatic rings. The molecule has 0 saturated carbocycles. The van der Waals surface area contributed by atoms with Gasteiger partial charge in [0, 0.05) is 44.2 Å². The molecule has 22 heavy (non-hydrogen) atoms. The average Bonchev–Trinajstić information content (AvgIpc) is 2.91. The van der Waals surface area contributed by atoms with E-state index in [1.165, 1.54) is 0 Å². The molecule has 1 aromatic heterocycles. The predicted octanol–water partition coefficient (Wildman–Crippen LogP) is 1.46. The molecule has 1 fully saturated rings. The largest absolute Gasteiger partial charge is 0.354 e. The van der Waals surface area contributed by atoms with Crippen LogP contribution in [0.5, 0.6) is 0 Å². The highest BCUT2D eigenvalue weighted by molar-refractivity contribution is 6.30. The lowest BCUT2D eigenvalue weighted by molar-refractivity contribution is -0.138. The van der Waals surface area contributed by atoms with Crippen LogP contribution in [0, 0.1) is 5.92 Å². The molecule has 1 saturated heterocycles. The van der Waals surface area contributed by atoms with Crippen LogP contribution in [0.25, 0.3) is 0 Å². The molecular formula is C15H23ClN4O2. The smallest absolute Gasteiger partial charge is 0.237 e. The van der Waals surface area contributed by atoms with Crippen molar-refractivity contribution in [1.29, 1.82) is 0 Å². The molecule has 2 amide bonds. The molecule has 3 atom stereocenters. The lowest BCUT2D eigenvalue weighted by Crippen LogP contribution is -2.46. The fourth-order valence-electron chi connectivity index (χ4n) is 3.02. The monoisotopic (exact) mass is 326 g/mol. The highest BCUT2D eigenvalue weighted by Gasteiger charge is 2.36. The highest BCUT2D eigenvalue weighted by Crippen LogP contribution is 2.36. The van der Waals surface area contributed by atoms with Crippen LogP contribution in [0.15, 0.2) is 12.4 Å². The van der Waals surface area contributed by atoms with Crippen LogP contribution in [0.4, 0.5) is 0 Å². The molecule has 2 heterocycles. The molecule has 1 unspecified atom stereocenters. The van der Waals surface area contributed by atoms with Crippen molar-refractivity contribution in [2.75, 3.05) is 13.1 Å². The van der Waals surface area contributed by atoms with Crippen LogP contribution < -0.4 is 5.32 Å². The molecule has 122 valence electrons. The number of nitrogens with one attached hydrogen (secondary N) is 1. The summed E-state index contributed by atoms with van der Waals surface area (Å²) in [7, 11) is 1.86. The maximum absolute atomic E-state index is 12.2. The number of hydrogen-bond donors (Lipinski definition) is 1. The Balaban J connectivity index is 2.18. The minimum Gasteiger partial charge on any atom is -0.354 e. The number of halogens is 1. The van der Waals surface area contributed by atoms with Gasteiger partial charge in [0.15, 0.2) is 0 Å². The second kappa shape index (κ2) is 7.13. The van der Waals surface area contributed by atoms with Gasteiger partial charge in [-0.05, 0) is 20.3 Å². The van der Waals surface area contributed by atoms with Crippen molar-refractivity contribution in [3.05, 3.63) is 18.0 Å². The summed E-state index contributed by atoms with van der Waals surface area (Å²) in [6.07, 6.45) is 5.00. The SMILES string of the molecule is CCN1C(=O)CC[C@H](CNC(=O)C(C)Cl)[C@H]1c1cnn(C)c1.